The molecule has 0 bridgehead atoms. The van der Waals surface area contributed by atoms with Gasteiger partial charge in [-0.25, -0.2) is 0 Å². The van der Waals surface area contributed by atoms with Gasteiger partial charge in [0, 0.05) is 5.02 Å². The first-order valence-corrected chi connectivity index (χ1v) is 7.56. The Hall–Kier alpha value is -2.49. The summed E-state index contributed by atoms with van der Waals surface area (Å²) in [6, 6.07) is 17.4. The van der Waals surface area contributed by atoms with E-state index >= 15 is 0 Å². The number of hydrogen-bond donors (Lipinski definition) is 1. The monoisotopic (exact) mass is 307 g/mol. The Morgan fingerprint density at radius 1 is 1.00 bits per heavy atom. The summed E-state index contributed by atoms with van der Waals surface area (Å²) in [5, 5.41) is 22.7. The molecule has 108 valence electrons. The Labute approximate surface area is 134 Å². The van der Waals surface area contributed by atoms with Crippen molar-refractivity contribution in [3.05, 3.63) is 64.2 Å². The van der Waals surface area contributed by atoms with Crippen molar-refractivity contribution in [3.8, 4) is 12.1 Å². The van der Waals surface area contributed by atoms with Gasteiger partial charge < -0.3 is 5.32 Å². The van der Waals surface area contributed by atoms with Crippen molar-refractivity contribution < 1.29 is 0 Å². The van der Waals surface area contributed by atoms with E-state index in [1.165, 1.54) is 0 Å². The van der Waals surface area contributed by atoms with E-state index in [1.54, 1.807) is 18.2 Å². The van der Waals surface area contributed by atoms with Gasteiger partial charge in [-0.05, 0) is 48.6 Å². The highest BCUT2D eigenvalue weighted by Crippen LogP contribution is 2.43. The van der Waals surface area contributed by atoms with E-state index in [0.29, 0.717) is 27.8 Å². The molecule has 1 aliphatic carbocycles. The highest BCUT2D eigenvalue weighted by molar-refractivity contribution is 6.30. The number of nitrogens with zero attached hydrogens (tertiary/aromatic N) is 2. The lowest BCUT2D eigenvalue weighted by molar-refractivity contribution is 0.678. The zero-order chi connectivity index (χ0) is 15.5. The van der Waals surface area contributed by atoms with Gasteiger partial charge in [0.2, 0.25) is 0 Å². The normalized spacial score (nSPS) is 14.7. The minimum Gasteiger partial charge on any atom is -0.376 e. The molecule has 3 nitrogen and oxygen atoms in total. The molecule has 2 aromatic carbocycles. The Kier molecular flexibility index (Phi) is 4.00. The molecule has 0 aromatic heterocycles. The SMILES string of the molecule is N#Cc1cccc(C#N)c1NC(c1ccc(Cl)cc1)C1CC1. The van der Waals surface area contributed by atoms with E-state index in [4.69, 9.17) is 11.6 Å². The van der Waals surface area contributed by atoms with Gasteiger partial charge in [-0.2, -0.15) is 10.5 Å². The standard InChI is InChI=1S/C18H14ClN3/c19-16-8-6-13(7-9-16)17(12-4-5-12)22-18-14(10-20)2-1-3-15(18)11-21/h1-3,6-9,12,17,22H,4-5H2. The fourth-order valence-electron chi connectivity index (χ4n) is 2.62. The molecule has 4 heteroatoms. The Morgan fingerprint density at radius 3 is 2.09 bits per heavy atom. The van der Waals surface area contributed by atoms with E-state index in [-0.39, 0.29) is 6.04 Å². The van der Waals surface area contributed by atoms with Crippen LogP contribution < -0.4 is 5.32 Å². The number of para-hydroxylation sites is 1. The van der Waals surface area contributed by atoms with E-state index in [0.717, 1.165) is 18.4 Å². The molecule has 1 atom stereocenters. The van der Waals surface area contributed by atoms with Crippen LogP contribution in [-0.2, 0) is 0 Å². The summed E-state index contributed by atoms with van der Waals surface area (Å²) < 4.78 is 0. The molecule has 0 radical (unpaired) electrons. The number of anilines is 1. The molecule has 22 heavy (non-hydrogen) atoms. The predicted octanol–water partition coefficient (Wildman–Crippen LogP) is 4.65. The van der Waals surface area contributed by atoms with Crippen LogP contribution >= 0.6 is 11.6 Å². The number of rotatable bonds is 4. The maximum absolute atomic E-state index is 9.30. The molecule has 1 saturated carbocycles. The fourth-order valence-corrected chi connectivity index (χ4v) is 2.75. The van der Waals surface area contributed by atoms with Gasteiger partial charge in [0.05, 0.1) is 22.9 Å². The highest BCUT2D eigenvalue weighted by atomic mass is 35.5. The number of hydrogen-bond acceptors (Lipinski definition) is 3. The molecule has 2 aromatic rings. The molecule has 0 aliphatic heterocycles. The Balaban J connectivity index is 1.98. The van der Waals surface area contributed by atoms with Crippen molar-refractivity contribution in [3.63, 3.8) is 0 Å². The average molecular weight is 308 g/mol. The van der Waals surface area contributed by atoms with Crippen molar-refractivity contribution in [2.45, 2.75) is 18.9 Å². The van der Waals surface area contributed by atoms with Gasteiger partial charge in [0.25, 0.3) is 0 Å². The average Bonchev–Trinajstić information content (AvgIpc) is 3.38. The van der Waals surface area contributed by atoms with Crippen LogP contribution in [0.1, 0.15) is 35.6 Å². The molecule has 1 fully saturated rings. The van der Waals surface area contributed by atoms with Crippen molar-refractivity contribution in [2.75, 3.05) is 5.32 Å². The highest BCUT2D eigenvalue weighted by Gasteiger charge is 2.33. The summed E-state index contributed by atoms with van der Waals surface area (Å²) in [6.45, 7) is 0. The van der Waals surface area contributed by atoms with E-state index < -0.39 is 0 Å². The van der Waals surface area contributed by atoms with Crippen LogP contribution in [0, 0.1) is 28.6 Å². The van der Waals surface area contributed by atoms with Crippen LogP contribution in [0.3, 0.4) is 0 Å². The van der Waals surface area contributed by atoms with Crippen molar-refractivity contribution in [1.29, 1.82) is 10.5 Å². The smallest absolute Gasteiger partial charge is 0.101 e. The molecule has 1 unspecified atom stereocenters. The van der Waals surface area contributed by atoms with Crippen LogP contribution in [0.25, 0.3) is 0 Å². The summed E-state index contributed by atoms with van der Waals surface area (Å²) in [7, 11) is 0. The third-order valence-electron chi connectivity index (χ3n) is 3.93. The molecule has 0 spiro atoms. The van der Waals surface area contributed by atoms with E-state index in [9.17, 15) is 10.5 Å². The first-order valence-electron chi connectivity index (χ1n) is 7.18. The maximum Gasteiger partial charge on any atom is 0.101 e. The number of nitriles is 2. The minimum absolute atomic E-state index is 0.0962. The molecule has 0 saturated heterocycles. The lowest BCUT2D eigenvalue weighted by atomic mass is 10.00. The van der Waals surface area contributed by atoms with Gasteiger partial charge in [-0.15, -0.1) is 0 Å². The third kappa shape index (κ3) is 2.91. The second-order valence-corrected chi connectivity index (χ2v) is 5.90. The van der Waals surface area contributed by atoms with E-state index in [1.807, 2.05) is 24.3 Å². The van der Waals surface area contributed by atoms with Crippen LogP contribution in [0.4, 0.5) is 5.69 Å². The fraction of sp³-hybridized carbons (Fsp3) is 0.222. The van der Waals surface area contributed by atoms with Gasteiger partial charge in [-0.1, -0.05) is 29.8 Å². The summed E-state index contributed by atoms with van der Waals surface area (Å²) in [4.78, 5) is 0. The molecule has 3 rings (SSSR count). The van der Waals surface area contributed by atoms with Gasteiger partial charge in [0.1, 0.15) is 12.1 Å². The topological polar surface area (TPSA) is 59.6 Å². The first kappa shape index (κ1) is 14.4. The van der Waals surface area contributed by atoms with Crippen molar-refractivity contribution in [1.82, 2.24) is 0 Å². The second kappa shape index (κ2) is 6.10. The van der Waals surface area contributed by atoms with Crippen molar-refractivity contribution >= 4 is 17.3 Å². The van der Waals surface area contributed by atoms with Gasteiger partial charge in [-0.3, -0.25) is 0 Å². The lowest BCUT2D eigenvalue weighted by Gasteiger charge is -2.21. The minimum atomic E-state index is 0.0962. The molecular formula is C18H14ClN3. The van der Waals surface area contributed by atoms with Crippen LogP contribution in [-0.4, -0.2) is 0 Å². The molecule has 0 heterocycles. The third-order valence-corrected chi connectivity index (χ3v) is 4.18. The lowest BCUT2D eigenvalue weighted by Crippen LogP contribution is -2.14. The second-order valence-electron chi connectivity index (χ2n) is 5.46. The van der Waals surface area contributed by atoms with Crippen molar-refractivity contribution in [2.24, 2.45) is 5.92 Å². The summed E-state index contributed by atoms with van der Waals surface area (Å²) in [5.41, 5.74) is 2.75. The summed E-state index contributed by atoms with van der Waals surface area (Å²) in [5.74, 6) is 0.527. The predicted molar refractivity (Wildman–Crippen MR) is 86.4 cm³/mol. The zero-order valence-electron chi connectivity index (χ0n) is 11.9. The zero-order valence-corrected chi connectivity index (χ0v) is 12.6. The molecular weight excluding hydrogens is 294 g/mol. The number of benzene rings is 2. The number of halogens is 1. The summed E-state index contributed by atoms with van der Waals surface area (Å²) >= 11 is 5.96. The van der Waals surface area contributed by atoms with E-state index in [2.05, 4.69) is 17.5 Å². The van der Waals surface area contributed by atoms with Crippen LogP contribution in [0.5, 0.6) is 0 Å². The number of nitrogens with one attached hydrogen (secondary N) is 1. The van der Waals surface area contributed by atoms with Crippen LogP contribution in [0.15, 0.2) is 42.5 Å². The summed E-state index contributed by atoms with van der Waals surface area (Å²) in [6.07, 6.45) is 2.30. The Morgan fingerprint density at radius 2 is 1.59 bits per heavy atom. The maximum atomic E-state index is 9.30. The molecule has 1 aliphatic rings. The quantitative estimate of drug-likeness (QED) is 0.894. The molecule has 0 amide bonds. The van der Waals surface area contributed by atoms with Gasteiger partial charge in [0.15, 0.2) is 0 Å². The van der Waals surface area contributed by atoms with Gasteiger partial charge >= 0.3 is 0 Å². The molecule has 1 N–H and O–H groups in total. The Bertz CT molecular complexity index is 732. The first-order chi connectivity index (χ1) is 10.7. The van der Waals surface area contributed by atoms with Crippen LogP contribution in [0.2, 0.25) is 5.02 Å². The largest absolute Gasteiger partial charge is 0.376 e.